The van der Waals surface area contributed by atoms with Gasteiger partial charge in [0.1, 0.15) is 11.9 Å². The highest BCUT2D eigenvalue weighted by Gasteiger charge is 2.20. The fraction of sp³-hybridized carbons (Fsp3) is 0.143. The zero-order valence-electron chi connectivity index (χ0n) is 11.1. The maximum atomic E-state index is 6.18. The standard InChI is InChI=1S/C14H12BrClN4S/c1-20-5-4-17-14(20)12(11-3-2-6-21-11)19-10-7-9(15)8-18-13(10)16/h2-8,12,19H,1H3. The molecule has 1 N–H and O–H groups in total. The Hall–Kier alpha value is -1.37. The molecule has 3 heterocycles. The molecule has 3 aromatic rings. The van der Waals surface area contributed by atoms with Crippen LogP contribution < -0.4 is 5.32 Å². The normalized spacial score (nSPS) is 12.3. The molecule has 21 heavy (non-hydrogen) atoms. The van der Waals surface area contributed by atoms with Crippen LogP contribution in [-0.4, -0.2) is 14.5 Å². The minimum absolute atomic E-state index is 0.0707. The van der Waals surface area contributed by atoms with Gasteiger partial charge in [0.2, 0.25) is 0 Å². The predicted molar refractivity (Wildman–Crippen MR) is 89.9 cm³/mol. The van der Waals surface area contributed by atoms with Gasteiger partial charge < -0.3 is 9.88 Å². The number of nitrogens with one attached hydrogen (secondary N) is 1. The van der Waals surface area contributed by atoms with Crippen molar-refractivity contribution in [1.29, 1.82) is 0 Å². The number of hydrogen-bond donors (Lipinski definition) is 1. The number of aromatic nitrogens is 3. The molecule has 7 heteroatoms. The summed E-state index contributed by atoms with van der Waals surface area (Å²) in [6.07, 6.45) is 5.39. The van der Waals surface area contributed by atoms with Gasteiger partial charge in [0.05, 0.1) is 5.69 Å². The maximum Gasteiger partial charge on any atom is 0.152 e. The largest absolute Gasteiger partial charge is 0.368 e. The maximum absolute atomic E-state index is 6.18. The van der Waals surface area contributed by atoms with Crippen molar-refractivity contribution >= 4 is 44.6 Å². The minimum Gasteiger partial charge on any atom is -0.368 e. The van der Waals surface area contributed by atoms with Crippen molar-refractivity contribution in [1.82, 2.24) is 14.5 Å². The Labute approximate surface area is 139 Å². The molecule has 0 aliphatic heterocycles. The van der Waals surface area contributed by atoms with Gasteiger partial charge in [0, 0.05) is 35.0 Å². The first-order valence-corrected chi connectivity index (χ1v) is 8.28. The Morgan fingerprint density at radius 2 is 2.29 bits per heavy atom. The molecular formula is C14H12BrClN4S. The second-order valence-corrected chi connectivity index (χ2v) is 6.73. The van der Waals surface area contributed by atoms with E-state index in [9.17, 15) is 0 Å². The molecule has 0 radical (unpaired) electrons. The highest BCUT2D eigenvalue weighted by molar-refractivity contribution is 9.10. The predicted octanol–water partition coefficient (Wildman–Crippen LogP) is 4.49. The van der Waals surface area contributed by atoms with Gasteiger partial charge in [-0.25, -0.2) is 9.97 Å². The molecule has 1 unspecified atom stereocenters. The Kier molecular flexibility index (Phi) is 4.28. The van der Waals surface area contributed by atoms with Crippen molar-refractivity contribution in [2.45, 2.75) is 6.04 Å². The van der Waals surface area contributed by atoms with Crippen LogP contribution in [0.25, 0.3) is 0 Å². The number of pyridine rings is 1. The van der Waals surface area contributed by atoms with Crippen LogP contribution in [0.2, 0.25) is 5.15 Å². The van der Waals surface area contributed by atoms with E-state index in [-0.39, 0.29) is 6.04 Å². The third kappa shape index (κ3) is 3.12. The van der Waals surface area contributed by atoms with Gasteiger partial charge in [-0.3, -0.25) is 0 Å². The van der Waals surface area contributed by atoms with E-state index >= 15 is 0 Å². The number of rotatable bonds is 4. The summed E-state index contributed by atoms with van der Waals surface area (Å²) >= 11 is 11.3. The zero-order chi connectivity index (χ0) is 14.8. The summed E-state index contributed by atoms with van der Waals surface area (Å²) in [5, 5.41) is 5.92. The molecule has 0 spiro atoms. The molecule has 0 aliphatic carbocycles. The van der Waals surface area contributed by atoms with Crippen molar-refractivity contribution in [3.8, 4) is 0 Å². The van der Waals surface area contributed by atoms with Gasteiger partial charge in [-0.1, -0.05) is 17.7 Å². The zero-order valence-corrected chi connectivity index (χ0v) is 14.3. The molecule has 3 aromatic heterocycles. The first-order chi connectivity index (χ1) is 10.1. The van der Waals surface area contributed by atoms with E-state index in [2.05, 4.69) is 37.3 Å². The van der Waals surface area contributed by atoms with E-state index < -0.39 is 0 Å². The lowest BCUT2D eigenvalue weighted by Gasteiger charge is -2.19. The Morgan fingerprint density at radius 3 is 2.95 bits per heavy atom. The molecule has 0 saturated heterocycles. The fourth-order valence-corrected chi connectivity index (χ4v) is 3.31. The van der Waals surface area contributed by atoms with Crippen LogP contribution in [0.1, 0.15) is 16.7 Å². The van der Waals surface area contributed by atoms with Crippen molar-refractivity contribution < 1.29 is 0 Å². The summed E-state index contributed by atoms with van der Waals surface area (Å²) in [7, 11) is 1.98. The topological polar surface area (TPSA) is 42.7 Å². The van der Waals surface area contributed by atoms with Gasteiger partial charge in [0.25, 0.3) is 0 Å². The number of imidazole rings is 1. The summed E-state index contributed by atoms with van der Waals surface area (Å²) in [6, 6.07) is 5.95. The third-order valence-electron chi connectivity index (χ3n) is 3.05. The molecule has 0 aliphatic rings. The van der Waals surface area contributed by atoms with Crippen LogP contribution >= 0.6 is 38.9 Å². The van der Waals surface area contributed by atoms with E-state index in [1.807, 2.05) is 35.3 Å². The number of nitrogens with zero attached hydrogens (tertiary/aromatic N) is 3. The van der Waals surface area contributed by atoms with E-state index in [0.717, 1.165) is 16.0 Å². The van der Waals surface area contributed by atoms with E-state index in [0.29, 0.717) is 5.15 Å². The van der Waals surface area contributed by atoms with Crippen LogP contribution in [0.5, 0.6) is 0 Å². The lowest BCUT2D eigenvalue weighted by atomic mass is 10.2. The summed E-state index contributed by atoms with van der Waals surface area (Å²) in [5.74, 6) is 0.925. The lowest BCUT2D eigenvalue weighted by molar-refractivity contribution is 0.756. The first-order valence-electron chi connectivity index (χ1n) is 6.23. The Bertz CT molecular complexity index is 741. The number of aryl methyl sites for hydroxylation is 1. The van der Waals surface area contributed by atoms with E-state index in [1.165, 1.54) is 4.88 Å². The summed E-state index contributed by atoms with van der Waals surface area (Å²) < 4.78 is 2.87. The SMILES string of the molecule is Cn1ccnc1C(Nc1cc(Br)cnc1Cl)c1cccs1. The molecule has 108 valence electrons. The summed E-state index contributed by atoms with van der Waals surface area (Å²) in [5.41, 5.74) is 0.771. The van der Waals surface area contributed by atoms with Crippen molar-refractivity contribution in [3.63, 3.8) is 0 Å². The molecule has 0 fully saturated rings. The van der Waals surface area contributed by atoms with Crippen LogP contribution in [0.15, 0.2) is 46.6 Å². The minimum atomic E-state index is -0.0707. The third-order valence-corrected chi connectivity index (χ3v) is 4.72. The van der Waals surface area contributed by atoms with Gasteiger partial charge >= 0.3 is 0 Å². The highest BCUT2D eigenvalue weighted by atomic mass is 79.9. The van der Waals surface area contributed by atoms with E-state index in [1.54, 1.807) is 23.7 Å². The van der Waals surface area contributed by atoms with Crippen LogP contribution in [-0.2, 0) is 7.05 Å². The molecule has 4 nitrogen and oxygen atoms in total. The molecule has 0 amide bonds. The average molecular weight is 384 g/mol. The van der Waals surface area contributed by atoms with Crippen molar-refractivity contribution in [2.24, 2.45) is 7.05 Å². The Balaban J connectivity index is 2.01. The van der Waals surface area contributed by atoms with Gasteiger partial charge in [-0.2, -0.15) is 0 Å². The molecule has 3 rings (SSSR count). The van der Waals surface area contributed by atoms with E-state index in [4.69, 9.17) is 11.6 Å². The molecule has 0 saturated carbocycles. The monoisotopic (exact) mass is 382 g/mol. The number of halogens is 2. The molecular weight excluding hydrogens is 372 g/mol. The summed E-state index contributed by atoms with van der Waals surface area (Å²) in [4.78, 5) is 9.77. The van der Waals surface area contributed by atoms with Crippen LogP contribution in [0, 0.1) is 0 Å². The quantitative estimate of drug-likeness (QED) is 0.675. The van der Waals surface area contributed by atoms with Crippen LogP contribution in [0.3, 0.4) is 0 Å². The lowest BCUT2D eigenvalue weighted by Crippen LogP contribution is -2.16. The second kappa shape index (κ2) is 6.17. The average Bonchev–Trinajstić information content (AvgIpc) is 3.11. The van der Waals surface area contributed by atoms with Gasteiger partial charge in [-0.15, -0.1) is 11.3 Å². The van der Waals surface area contributed by atoms with Crippen LogP contribution in [0.4, 0.5) is 5.69 Å². The summed E-state index contributed by atoms with van der Waals surface area (Å²) in [6.45, 7) is 0. The first kappa shape index (κ1) is 14.6. The molecule has 0 aromatic carbocycles. The Morgan fingerprint density at radius 1 is 1.43 bits per heavy atom. The smallest absolute Gasteiger partial charge is 0.152 e. The number of thiophene rings is 1. The highest BCUT2D eigenvalue weighted by Crippen LogP contribution is 2.32. The van der Waals surface area contributed by atoms with Gasteiger partial charge in [0.15, 0.2) is 5.15 Å². The fourth-order valence-electron chi connectivity index (χ4n) is 2.05. The number of anilines is 1. The number of hydrogen-bond acceptors (Lipinski definition) is 4. The molecule has 0 bridgehead atoms. The second-order valence-electron chi connectivity index (χ2n) is 4.48. The van der Waals surface area contributed by atoms with Gasteiger partial charge in [-0.05, 0) is 33.4 Å². The van der Waals surface area contributed by atoms with Crippen molar-refractivity contribution in [3.05, 3.63) is 62.5 Å². The van der Waals surface area contributed by atoms with Crippen molar-refractivity contribution in [2.75, 3.05) is 5.32 Å². The molecule has 1 atom stereocenters.